The number of esters is 2. The van der Waals surface area contributed by atoms with Gasteiger partial charge in [0.05, 0.1) is 5.02 Å². The second kappa shape index (κ2) is 6.00. The number of cyclic esters (lactones) is 2. The van der Waals surface area contributed by atoms with Gasteiger partial charge in [-0.05, 0) is 30.3 Å². The minimum atomic E-state index is -1.28. The highest BCUT2D eigenvalue weighted by Gasteiger charge is 2.39. The van der Waals surface area contributed by atoms with Crippen LogP contribution in [0.3, 0.4) is 0 Å². The fraction of sp³-hybridized carbons (Fsp3) is 0.176. The maximum absolute atomic E-state index is 11.9. The molecule has 1 aromatic heterocycles. The van der Waals surface area contributed by atoms with E-state index in [0.717, 1.165) is 0 Å². The summed E-state index contributed by atoms with van der Waals surface area (Å²) in [4.78, 5) is 23.9. The van der Waals surface area contributed by atoms with Crippen molar-refractivity contribution in [1.29, 1.82) is 0 Å². The third-order valence-corrected chi connectivity index (χ3v) is 3.79. The van der Waals surface area contributed by atoms with Crippen LogP contribution in [0.15, 0.2) is 40.3 Å². The lowest BCUT2D eigenvalue weighted by Gasteiger charge is -2.29. The van der Waals surface area contributed by atoms with Gasteiger partial charge in [0.2, 0.25) is 0 Å². The normalized spacial score (nSPS) is 16.6. The van der Waals surface area contributed by atoms with E-state index < -0.39 is 17.7 Å². The second-order valence-corrected chi connectivity index (χ2v) is 6.41. The molecule has 1 aliphatic rings. The minimum Gasteiger partial charge on any atom is -0.457 e. The molecular weight excluding hydrogens is 355 g/mol. The second-order valence-electron chi connectivity index (χ2n) is 5.56. The number of hydrogen-bond acceptors (Lipinski definition) is 5. The van der Waals surface area contributed by atoms with Gasteiger partial charge in [0.25, 0.3) is 5.79 Å². The van der Waals surface area contributed by atoms with Crippen molar-refractivity contribution in [3.05, 3.63) is 51.7 Å². The Kier molecular flexibility index (Phi) is 4.15. The zero-order valence-electron chi connectivity index (χ0n) is 12.8. The van der Waals surface area contributed by atoms with Crippen LogP contribution in [0.4, 0.5) is 0 Å². The summed E-state index contributed by atoms with van der Waals surface area (Å²) in [6.07, 6.45) is 1.27. The van der Waals surface area contributed by atoms with Crippen molar-refractivity contribution in [3.8, 4) is 11.3 Å². The van der Waals surface area contributed by atoms with Gasteiger partial charge in [0.15, 0.2) is 0 Å². The standard InChI is InChI=1S/C17H12Cl2O5/c1-17(2)23-15(20)12(16(21)24-17)8-10-4-6-14(22-10)11-7-9(18)3-5-13(11)19/h3-8H,1-2H3. The van der Waals surface area contributed by atoms with E-state index in [4.69, 9.17) is 37.1 Å². The molecular formula is C17H12Cl2O5. The predicted molar refractivity (Wildman–Crippen MR) is 88.4 cm³/mol. The Labute approximate surface area is 147 Å². The zero-order chi connectivity index (χ0) is 17.5. The number of benzene rings is 1. The van der Waals surface area contributed by atoms with Crippen molar-refractivity contribution >= 4 is 41.2 Å². The molecule has 0 saturated carbocycles. The number of carbonyl (C=O) groups excluding carboxylic acids is 2. The van der Waals surface area contributed by atoms with Gasteiger partial charge in [-0.1, -0.05) is 23.2 Å². The van der Waals surface area contributed by atoms with Crippen LogP contribution >= 0.6 is 23.2 Å². The maximum atomic E-state index is 11.9. The lowest BCUT2D eigenvalue weighted by Crippen LogP contribution is -2.41. The molecule has 3 rings (SSSR count). The topological polar surface area (TPSA) is 65.7 Å². The summed E-state index contributed by atoms with van der Waals surface area (Å²) in [7, 11) is 0. The first kappa shape index (κ1) is 16.6. The average molecular weight is 367 g/mol. The van der Waals surface area contributed by atoms with E-state index in [9.17, 15) is 9.59 Å². The first-order chi connectivity index (χ1) is 11.2. The van der Waals surface area contributed by atoms with Gasteiger partial charge in [0.1, 0.15) is 17.1 Å². The Balaban J connectivity index is 1.93. The molecule has 0 atom stereocenters. The van der Waals surface area contributed by atoms with Crippen LogP contribution in [-0.4, -0.2) is 17.7 Å². The first-order valence-corrected chi connectivity index (χ1v) is 7.74. The molecule has 1 aromatic carbocycles. The molecule has 0 spiro atoms. The lowest BCUT2D eigenvalue weighted by molar-refractivity contribution is -0.222. The van der Waals surface area contributed by atoms with E-state index >= 15 is 0 Å². The summed E-state index contributed by atoms with van der Waals surface area (Å²) in [6.45, 7) is 2.96. The van der Waals surface area contributed by atoms with Crippen LogP contribution in [0.5, 0.6) is 0 Å². The molecule has 7 heteroatoms. The van der Waals surface area contributed by atoms with Crippen molar-refractivity contribution < 1.29 is 23.5 Å². The summed E-state index contributed by atoms with van der Waals surface area (Å²) in [6, 6.07) is 8.23. The molecule has 0 bridgehead atoms. The molecule has 2 heterocycles. The Morgan fingerprint density at radius 1 is 1.00 bits per heavy atom. The molecule has 0 unspecified atom stereocenters. The van der Waals surface area contributed by atoms with Crippen molar-refractivity contribution in [2.24, 2.45) is 0 Å². The van der Waals surface area contributed by atoms with Gasteiger partial charge in [-0.15, -0.1) is 0 Å². The highest BCUT2D eigenvalue weighted by atomic mass is 35.5. The highest BCUT2D eigenvalue weighted by molar-refractivity contribution is 6.35. The van der Waals surface area contributed by atoms with Gasteiger partial charge >= 0.3 is 11.9 Å². The first-order valence-electron chi connectivity index (χ1n) is 6.99. The van der Waals surface area contributed by atoms with E-state index in [-0.39, 0.29) is 11.3 Å². The molecule has 124 valence electrons. The largest absolute Gasteiger partial charge is 0.457 e. The van der Waals surface area contributed by atoms with Crippen molar-refractivity contribution in [1.82, 2.24) is 0 Å². The van der Waals surface area contributed by atoms with Gasteiger partial charge in [-0.3, -0.25) is 0 Å². The van der Waals surface area contributed by atoms with Gasteiger partial charge in [-0.2, -0.15) is 0 Å². The molecule has 24 heavy (non-hydrogen) atoms. The predicted octanol–water partition coefficient (Wildman–Crippen LogP) is 4.47. The Bertz CT molecular complexity index is 842. The van der Waals surface area contributed by atoms with Gasteiger partial charge < -0.3 is 13.9 Å². The minimum absolute atomic E-state index is 0.243. The fourth-order valence-electron chi connectivity index (χ4n) is 2.18. The van der Waals surface area contributed by atoms with Crippen LogP contribution in [0.2, 0.25) is 10.0 Å². The summed E-state index contributed by atoms with van der Waals surface area (Å²) in [5.41, 5.74) is 0.358. The average Bonchev–Trinajstić information content (AvgIpc) is 2.93. The number of carbonyl (C=O) groups is 2. The maximum Gasteiger partial charge on any atom is 0.348 e. The summed E-state index contributed by atoms with van der Waals surface area (Å²) in [5, 5.41) is 0.971. The molecule has 2 aromatic rings. The van der Waals surface area contributed by atoms with Crippen LogP contribution in [0.25, 0.3) is 17.4 Å². The smallest absolute Gasteiger partial charge is 0.348 e. The summed E-state index contributed by atoms with van der Waals surface area (Å²) < 4.78 is 15.7. The molecule has 0 radical (unpaired) electrons. The zero-order valence-corrected chi connectivity index (χ0v) is 14.3. The highest BCUT2D eigenvalue weighted by Crippen LogP contribution is 2.32. The van der Waals surface area contributed by atoms with Crippen LogP contribution < -0.4 is 0 Å². The van der Waals surface area contributed by atoms with Crippen molar-refractivity contribution in [2.75, 3.05) is 0 Å². The number of furan rings is 1. The number of hydrogen-bond donors (Lipinski definition) is 0. The molecule has 1 fully saturated rings. The molecule has 0 N–H and O–H groups in total. The monoisotopic (exact) mass is 366 g/mol. The number of halogens is 2. The van der Waals surface area contributed by atoms with E-state index in [1.54, 1.807) is 30.3 Å². The van der Waals surface area contributed by atoms with Crippen LogP contribution in [0.1, 0.15) is 19.6 Å². The van der Waals surface area contributed by atoms with Crippen molar-refractivity contribution in [2.45, 2.75) is 19.6 Å². The SMILES string of the molecule is CC1(C)OC(=O)C(=Cc2ccc(-c3cc(Cl)ccc3Cl)o2)C(=O)O1. The van der Waals surface area contributed by atoms with E-state index in [1.807, 2.05) is 0 Å². The fourth-order valence-corrected chi connectivity index (χ4v) is 2.56. The lowest BCUT2D eigenvalue weighted by atomic mass is 10.2. The van der Waals surface area contributed by atoms with Crippen molar-refractivity contribution in [3.63, 3.8) is 0 Å². The Morgan fingerprint density at radius 3 is 2.33 bits per heavy atom. The van der Waals surface area contributed by atoms with Crippen LogP contribution in [-0.2, 0) is 19.1 Å². The Hall–Kier alpha value is -2.24. The molecule has 1 saturated heterocycles. The molecule has 5 nitrogen and oxygen atoms in total. The van der Waals surface area contributed by atoms with Crippen LogP contribution in [0, 0.1) is 0 Å². The van der Waals surface area contributed by atoms with E-state index in [0.29, 0.717) is 21.4 Å². The van der Waals surface area contributed by atoms with E-state index in [1.165, 1.54) is 19.9 Å². The van der Waals surface area contributed by atoms with E-state index in [2.05, 4.69) is 0 Å². The third-order valence-electron chi connectivity index (χ3n) is 3.22. The van der Waals surface area contributed by atoms with Gasteiger partial charge in [-0.25, -0.2) is 9.59 Å². The Morgan fingerprint density at radius 2 is 1.67 bits per heavy atom. The molecule has 1 aliphatic heterocycles. The number of ether oxygens (including phenoxy) is 2. The number of rotatable bonds is 2. The summed E-state index contributed by atoms with van der Waals surface area (Å²) >= 11 is 12.1. The summed E-state index contributed by atoms with van der Waals surface area (Å²) in [5.74, 6) is -2.09. The molecule has 0 amide bonds. The molecule has 0 aliphatic carbocycles. The quantitative estimate of drug-likeness (QED) is 0.445. The third kappa shape index (κ3) is 3.32. The van der Waals surface area contributed by atoms with Gasteiger partial charge in [0, 0.05) is 30.5 Å².